The average Bonchev–Trinajstić information content (AvgIpc) is 3.54. The number of imidazole rings is 1. The van der Waals surface area contributed by atoms with E-state index in [2.05, 4.69) is 58.7 Å². The van der Waals surface area contributed by atoms with Crippen LogP contribution in [0.4, 0.5) is 5.82 Å². The molecule has 5 unspecified atom stereocenters. The number of nitrogens with one attached hydrogen (secondary N) is 1. The highest BCUT2D eigenvalue weighted by Gasteiger charge is 2.49. The fourth-order valence-corrected chi connectivity index (χ4v) is 6.70. The first-order chi connectivity index (χ1) is 19.8. The fourth-order valence-electron chi connectivity index (χ4n) is 4.94. The minimum Gasteiger partial charge on any atom is -0.374 e. The third-order valence-electron chi connectivity index (χ3n) is 6.74. The topological polar surface area (TPSA) is 137 Å². The molecule has 41 heavy (non-hydrogen) atoms. The van der Waals surface area contributed by atoms with Crippen LogP contribution in [0.1, 0.15) is 64.0 Å². The third kappa shape index (κ3) is 6.89. The maximum Gasteiger partial charge on any atom is 0.259 e. The number of carbonyl (C=O) groups is 1. The van der Waals surface area contributed by atoms with Crippen molar-refractivity contribution >= 4 is 31.4 Å². The Kier molecular flexibility index (Phi) is 10.7. The van der Waals surface area contributed by atoms with Gasteiger partial charge in [-0.2, -0.15) is 5.26 Å². The second-order valence-electron chi connectivity index (χ2n) is 10.2. The largest absolute Gasteiger partial charge is 0.374 e. The molecule has 1 N–H and O–H groups in total. The summed E-state index contributed by atoms with van der Waals surface area (Å²) in [4.78, 5) is 26.0. The highest BCUT2D eigenvalue weighted by molar-refractivity contribution is 7.44. The van der Waals surface area contributed by atoms with Crippen LogP contribution in [0.25, 0.3) is 11.2 Å². The van der Waals surface area contributed by atoms with Crippen molar-refractivity contribution in [1.29, 1.82) is 5.26 Å². The van der Waals surface area contributed by atoms with Gasteiger partial charge in [0.15, 0.2) is 23.2 Å². The van der Waals surface area contributed by atoms with Crippen molar-refractivity contribution in [3.8, 4) is 6.07 Å². The summed E-state index contributed by atoms with van der Waals surface area (Å²) in [6.07, 6.45) is 2.07. The minimum absolute atomic E-state index is 0.154. The molecular weight excluding hydrogens is 545 g/mol. The predicted molar refractivity (Wildman–Crippen MR) is 155 cm³/mol. The Morgan fingerprint density at radius 3 is 2.54 bits per heavy atom. The summed E-state index contributed by atoms with van der Waals surface area (Å²) in [5.74, 6) is 0.00416. The molecule has 3 aromatic rings. The number of anilines is 1. The molecule has 1 aliphatic heterocycles. The predicted octanol–water partition coefficient (Wildman–Crippen LogP) is 5.06. The lowest BCUT2D eigenvalue weighted by Gasteiger charge is -2.38. The van der Waals surface area contributed by atoms with E-state index in [9.17, 15) is 4.79 Å². The summed E-state index contributed by atoms with van der Waals surface area (Å²) in [7, 11) is 0.107. The van der Waals surface area contributed by atoms with Crippen LogP contribution in [-0.4, -0.2) is 74.2 Å². The second kappa shape index (κ2) is 14.2. The fraction of sp³-hybridized carbons (Fsp3) is 0.536. The van der Waals surface area contributed by atoms with Crippen molar-refractivity contribution in [2.24, 2.45) is 0 Å². The van der Waals surface area contributed by atoms with Crippen LogP contribution in [0.2, 0.25) is 0 Å². The van der Waals surface area contributed by atoms with Crippen LogP contribution in [0.5, 0.6) is 0 Å². The Morgan fingerprint density at radius 1 is 1.17 bits per heavy atom. The molecule has 2 aromatic heterocycles. The number of nitrogens with zero attached hydrogens (tertiary/aromatic N) is 6. The Balaban J connectivity index is 1.62. The van der Waals surface area contributed by atoms with Crippen LogP contribution >= 0.6 is 8.53 Å². The van der Waals surface area contributed by atoms with Crippen molar-refractivity contribution in [1.82, 2.24) is 24.2 Å². The maximum absolute atomic E-state index is 12.8. The molecule has 220 valence electrons. The zero-order valence-corrected chi connectivity index (χ0v) is 25.2. The van der Waals surface area contributed by atoms with Gasteiger partial charge in [-0.05, 0) is 46.2 Å². The SMILES string of the molecule is CCC1OC(n2cnc3c(NC(=O)c4ccccc4)ncnc32)C(OC)C1OP(OCCC#N)N(C(C)C)C(C)C. The summed E-state index contributed by atoms with van der Waals surface area (Å²) in [5, 5.41) is 11.9. The molecule has 5 atom stereocenters. The molecular formula is C28H38N7O5P. The first kappa shape index (κ1) is 30.9. The summed E-state index contributed by atoms with van der Waals surface area (Å²) in [6.45, 7) is 10.7. The maximum atomic E-state index is 12.8. The number of methoxy groups -OCH3 is 1. The molecule has 1 aromatic carbocycles. The number of aromatic nitrogens is 4. The Bertz CT molecular complexity index is 1320. The van der Waals surface area contributed by atoms with E-state index in [1.807, 2.05) is 13.0 Å². The summed E-state index contributed by atoms with van der Waals surface area (Å²) >= 11 is 0. The number of fused-ring (bicyclic) bond motifs is 1. The molecule has 0 spiro atoms. The zero-order chi connectivity index (χ0) is 29.5. The van der Waals surface area contributed by atoms with E-state index < -0.39 is 27.0 Å². The van der Waals surface area contributed by atoms with Crippen molar-refractivity contribution < 1.29 is 23.3 Å². The molecule has 0 saturated carbocycles. The van der Waals surface area contributed by atoms with Gasteiger partial charge in [-0.15, -0.1) is 0 Å². The Labute approximate surface area is 241 Å². The molecule has 0 aliphatic carbocycles. The molecule has 1 aliphatic rings. The number of ether oxygens (including phenoxy) is 2. The van der Waals surface area contributed by atoms with Crippen molar-refractivity contribution in [2.75, 3.05) is 19.0 Å². The van der Waals surface area contributed by atoms with E-state index in [1.165, 1.54) is 6.33 Å². The van der Waals surface area contributed by atoms with Gasteiger partial charge >= 0.3 is 0 Å². The van der Waals surface area contributed by atoms with Crippen molar-refractivity contribution in [3.63, 3.8) is 0 Å². The number of carbonyl (C=O) groups excluding carboxylic acids is 1. The molecule has 0 radical (unpaired) electrons. The van der Waals surface area contributed by atoms with Gasteiger partial charge in [0.25, 0.3) is 14.4 Å². The number of benzene rings is 1. The molecule has 1 saturated heterocycles. The van der Waals surface area contributed by atoms with Gasteiger partial charge in [-0.1, -0.05) is 25.1 Å². The molecule has 12 nitrogen and oxygen atoms in total. The molecule has 4 rings (SSSR count). The van der Waals surface area contributed by atoms with Crippen molar-refractivity contribution in [3.05, 3.63) is 48.5 Å². The normalized spacial score (nSPS) is 21.6. The molecule has 0 bridgehead atoms. The van der Waals surface area contributed by atoms with Crippen LogP contribution in [0, 0.1) is 11.3 Å². The number of nitriles is 1. The van der Waals surface area contributed by atoms with Crippen LogP contribution < -0.4 is 5.32 Å². The monoisotopic (exact) mass is 583 g/mol. The quantitative estimate of drug-likeness (QED) is 0.215. The lowest BCUT2D eigenvalue weighted by atomic mass is 10.1. The van der Waals surface area contributed by atoms with E-state index in [0.29, 0.717) is 29.0 Å². The first-order valence-corrected chi connectivity index (χ1v) is 14.9. The van der Waals surface area contributed by atoms with E-state index in [0.717, 1.165) is 0 Å². The van der Waals surface area contributed by atoms with Gasteiger partial charge in [0.1, 0.15) is 18.5 Å². The van der Waals surface area contributed by atoms with E-state index in [1.54, 1.807) is 42.3 Å². The van der Waals surface area contributed by atoms with Crippen molar-refractivity contribution in [2.45, 2.75) is 84.1 Å². The number of amides is 1. The first-order valence-electron chi connectivity index (χ1n) is 13.8. The molecule has 13 heteroatoms. The Hall–Kier alpha value is -3.04. The van der Waals surface area contributed by atoms with Gasteiger partial charge in [0.05, 0.1) is 31.5 Å². The lowest BCUT2D eigenvalue weighted by molar-refractivity contribution is -0.0494. The van der Waals surface area contributed by atoms with Gasteiger partial charge < -0.3 is 23.8 Å². The Morgan fingerprint density at radius 2 is 1.90 bits per heavy atom. The number of rotatable bonds is 13. The smallest absolute Gasteiger partial charge is 0.259 e. The summed E-state index contributed by atoms with van der Waals surface area (Å²) < 4.78 is 29.3. The van der Waals surface area contributed by atoms with Gasteiger partial charge in [-0.3, -0.25) is 9.36 Å². The second-order valence-corrected chi connectivity index (χ2v) is 11.6. The van der Waals surface area contributed by atoms with E-state index in [-0.39, 0.29) is 37.1 Å². The van der Waals surface area contributed by atoms with Crippen LogP contribution in [-0.2, 0) is 18.5 Å². The molecule has 1 amide bonds. The highest BCUT2D eigenvalue weighted by Crippen LogP contribution is 2.51. The lowest BCUT2D eigenvalue weighted by Crippen LogP contribution is -2.39. The average molecular weight is 584 g/mol. The van der Waals surface area contributed by atoms with Crippen LogP contribution in [0.15, 0.2) is 43.0 Å². The number of hydrogen-bond donors (Lipinski definition) is 1. The molecule has 3 heterocycles. The third-order valence-corrected chi connectivity index (χ3v) is 8.86. The van der Waals surface area contributed by atoms with E-state index >= 15 is 0 Å². The van der Waals surface area contributed by atoms with E-state index in [4.69, 9.17) is 23.8 Å². The summed E-state index contributed by atoms with van der Waals surface area (Å²) in [5.41, 5.74) is 1.43. The number of hydrogen-bond acceptors (Lipinski definition) is 10. The standard InChI is InChI=1S/C28H38N7O5P/c1-7-21-23(40-41(38-15-11-14-29)35(18(2)3)19(4)5)24(37-6)28(39-21)34-17-32-22-25(30-16-31-26(22)34)33-27(36)20-12-9-8-10-13-20/h8-10,12-13,16-19,21,23-24,28H,7,11,15H2,1-6H3,(H,30,31,33,36). The van der Waals surface area contributed by atoms with Gasteiger partial charge in [0, 0.05) is 24.8 Å². The molecule has 1 fully saturated rings. The van der Waals surface area contributed by atoms with Gasteiger partial charge in [-0.25, -0.2) is 19.6 Å². The zero-order valence-electron chi connectivity index (χ0n) is 24.3. The highest BCUT2D eigenvalue weighted by atomic mass is 31.2. The van der Waals surface area contributed by atoms with Crippen LogP contribution in [0.3, 0.4) is 0 Å². The minimum atomic E-state index is -1.51. The summed E-state index contributed by atoms with van der Waals surface area (Å²) in [6, 6.07) is 11.3. The van der Waals surface area contributed by atoms with Gasteiger partial charge in [0.2, 0.25) is 0 Å².